The summed E-state index contributed by atoms with van der Waals surface area (Å²) in [7, 11) is 0. The van der Waals surface area contributed by atoms with Gasteiger partial charge in [0.1, 0.15) is 0 Å². The van der Waals surface area contributed by atoms with Crippen LogP contribution in [0.5, 0.6) is 0 Å². The van der Waals surface area contributed by atoms with Gasteiger partial charge in [-0.15, -0.1) is 0 Å². The summed E-state index contributed by atoms with van der Waals surface area (Å²) in [5, 5.41) is 15.4. The van der Waals surface area contributed by atoms with Gasteiger partial charge in [0.05, 0.1) is 51.6 Å². The topological polar surface area (TPSA) is 44.5 Å². The molecular weight excluding hydrogens is 1420 g/mol. The van der Waals surface area contributed by atoms with E-state index in [1.807, 2.05) is 36.4 Å². The Morgan fingerprint density at radius 3 is 0.966 bits per heavy atom. The average molecular weight is 1490 g/mol. The quantitative estimate of drug-likeness (QED) is 0.0854. The van der Waals surface area contributed by atoms with Crippen LogP contribution in [0, 0.1) is 17.9 Å². The van der Waals surface area contributed by atoms with Crippen LogP contribution in [0.4, 0.5) is 39.8 Å². The zero-order chi connectivity index (χ0) is 77.6. The average Bonchev–Trinajstić information content (AvgIpc) is 0.915. The summed E-state index contributed by atoms with van der Waals surface area (Å²) in [5.41, 5.74) is 35.6. The number of anilines is 6. The van der Waals surface area contributed by atoms with E-state index in [0.29, 0.717) is 11.3 Å². The first-order valence-corrected chi connectivity index (χ1v) is 39.8. The van der Waals surface area contributed by atoms with E-state index in [2.05, 4.69) is 412 Å². The van der Waals surface area contributed by atoms with Crippen molar-refractivity contribution in [3.8, 4) is 118 Å². The highest BCUT2D eigenvalue weighted by molar-refractivity contribution is 7.00. The molecule has 0 saturated carbocycles. The van der Waals surface area contributed by atoms with Gasteiger partial charge < -0.3 is 18.9 Å². The van der Waals surface area contributed by atoms with Gasteiger partial charge >= 0.3 is 0 Å². The molecule has 0 unspecified atom stereocenters. The van der Waals surface area contributed by atoms with Crippen molar-refractivity contribution in [2.75, 3.05) is 9.80 Å². The summed E-state index contributed by atoms with van der Waals surface area (Å²) < 4.78 is 4.93. The van der Waals surface area contributed by atoms with E-state index in [1.165, 1.54) is 21.5 Å². The number of nitrogens with zero attached hydrogens (tertiary/aromatic N) is 6. The van der Waals surface area contributed by atoms with Crippen LogP contribution in [0.2, 0.25) is 0 Å². The lowest BCUT2D eigenvalue weighted by molar-refractivity contribution is 1.17. The van der Waals surface area contributed by atoms with Crippen LogP contribution in [0.1, 0.15) is 5.56 Å². The van der Waals surface area contributed by atoms with Crippen molar-refractivity contribution in [2.45, 2.75) is 0 Å². The molecule has 2 aliphatic heterocycles. The van der Waals surface area contributed by atoms with Gasteiger partial charge in [-0.3, -0.25) is 0 Å². The molecule has 542 valence electrons. The summed E-state index contributed by atoms with van der Waals surface area (Å²) >= 11 is 0. The van der Waals surface area contributed by atoms with E-state index in [-0.39, 0.29) is 6.71 Å². The smallest absolute Gasteiger partial charge is 0.252 e. The third kappa shape index (κ3) is 11.5. The summed E-state index contributed by atoms with van der Waals surface area (Å²) in [6, 6.07) is 156. The number of para-hydroxylation sites is 4. The molecule has 6 nitrogen and oxygen atoms in total. The number of hydrogen-bond donors (Lipinski definition) is 0. The fourth-order valence-electron chi connectivity index (χ4n) is 18.6. The molecule has 0 spiro atoms. The van der Waals surface area contributed by atoms with Crippen LogP contribution in [-0.4, -0.2) is 15.8 Å². The highest BCUT2D eigenvalue weighted by Gasteiger charge is 2.46. The van der Waals surface area contributed by atoms with E-state index in [9.17, 15) is 5.26 Å². The lowest BCUT2D eigenvalue weighted by Gasteiger charge is -2.46. The van der Waals surface area contributed by atoms with Gasteiger partial charge in [-0.2, -0.15) is 5.26 Å². The Balaban J connectivity index is 0.931. The van der Waals surface area contributed by atoms with Crippen LogP contribution in [0.3, 0.4) is 0 Å². The monoisotopic (exact) mass is 1480 g/mol. The zero-order valence-electron chi connectivity index (χ0n) is 63.6. The second-order valence-corrected chi connectivity index (χ2v) is 30.4. The number of aromatic nitrogens is 2. The summed E-state index contributed by atoms with van der Waals surface area (Å²) in [6.07, 6.45) is 0. The summed E-state index contributed by atoms with van der Waals surface area (Å²) in [6.45, 7) is 8.01. The van der Waals surface area contributed by atoms with Crippen molar-refractivity contribution in [3.05, 3.63) is 436 Å². The number of fused-ring (bicyclic) bond motifs is 10. The van der Waals surface area contributed by atoms with Crippen molar-refractivity contribution in [1.29, 1.82) is 5.26 Å². The SMILES string of the molecule is [C-]#[N+]c1cccc(-c2cc(-c3ccccc3)c(N3c4cc(-n5c6ccccc6c6ccccc65)ccc4B4c5ccc(-n6c7ccccc7c7ccccc76)cc5N(c5c(-c6ccccc6)cc(-c6cccc(C#N)c6)cc5-c5cccc(-c6ccccc6)c5)c5cc(-c6ccccc6)cc3c54)c(-c3cccc(-c4ccccc4)c3)c2)c1. The van der Waals surface area contributed by atoms with Gasteiger partial charge in [-0.25, -0.2) is 4.85 Å². The molecule has 0 fully saturated rings. The number of rotatable bonds is 13. The van der Waals surface area contributed by atoms with Crippen LogP contribution >= 0.6 is 0 Å². The molecule has 0 radical (unpaired) electrons. The molecule has 0 amide bonds. The fourth-order valence-corrected chi connectivity index (χ4v) is 18.6. The fraction of sp³-hybridized carbons (Fsp3) is 0. The van der Waals surface area contributed by atoms with E-state index in [4.69, 9.17) is 6.57 Å². The molecule has 18 aromatic carbocycles. The predicted molar refractivity (Wildman–Crippen MR) is 489 cm³/mol. The van der Waals surface area contributed by atoms with Crippen molar-refractivity contribution in [2.24, 2.45) is 0 Å². The molecule has 4 heterocycles. The third-order valence-electron chi connectivity index (χ3n) is 23.9. The largest absolute Gasteiger partial charge is 0.310 e. The van der Waals surface area contributed by atoms with Crippen LogP contribution in [-0.2, 0) is 0 Å². The van der Waals surface area contributed by atoms with Gasteiger partial charge in [0.25, 0.3) is 6.71 Å². The molecule has 117 heavy (non-hydrogen) atoms. The Morgan fingerprint density at radius 1 is 0.248 bits per heavy atom. The second-order valence-electron chi connectivity index (χ2n) is 30.4. The molecule has 0 bridgehead atoms. The van der Waals surface area contributed by atoms with Gasteiger partial charge in [-0.1, -0.05) is 303 Å². The van der Waals surface area contributed by atoms with Crippen LogP contribution < -0.4 is 26.2 Å². The van der Waals surface area contributed by atoms with Crippen LogP contribution in [0.25, 0.3) is 160 Å². The highest BCUT2D eigenvalue weighted by Crippen LogP contribution is 2.56. The number of hydrogen-bond acceptors (Lipinski definition) is 3. The minimum atomic E-state index is -0.379. The first-order valence-electron chi connectivity index (χ1n) is 39.8. The second kappa shape index (κ2) is 28.1. The number of nitriles is 1. The van der Waals surface area contributed by atoms with E-state index in [1.54, 1.807) is 0 Å². The molecule has 7 heteroatoms. The summed E-state index contributed by atoms with van der Waals surface area (Å²) in [4.78, 5) is 9.34. The Bertz CT molecular complexity index is 6950. The molecule has 0 aliphatic carbocycles. The minimum absolute atomic E-state index is 0.379. The van der Waals surface area contributed by atoms with Gasteiger partial charge in [0.2, 0.25) is 0 Å². The third-order valence-corrected chi connectivity index (χ3v) is 23.9. The van der Waals surface area contributed by atoms with Crippen molar-refractivity contribution in [1.82, 2.24) is 9.13 Å². The molecule has 0 N–H and O–H groups in total. The molecule has 0 saturated heterocycles. The summed E-state index contributed by atoms with van der Waals surface area (Å²) in [5.74, 6) is 0. The van der Waals surface area contributed by atoms with E-state index >= 15 is 0 Å². The Morgan fingerprint density at radius 2 is 0.564 bits per heavy atom. The molecule has 20 aromatic rings. The maximum absolute atomic E-state index is 10.7. The van der Waals surface area contributed by atoms with Crippen molar-refractivity contribution < 1.29 is 0 Å². The molecule has 2 aliphatic rings. The first-order chi connectivity index (χ1) is 57.9. The van der Waals surface area contributed by atoms with E-state index < -0.39 is 0 Å². The van der Waals surface area contributed by atoms with Gasteiger partial charge in [-0.05, 0) is 210 Å². The maximum Gasteiger partial charge on any atom is 0.252 e. The maximum atomic E-state index is 10.7. The minimum Gasteiger partial charge on any atom is -0.310 e. The molecule has 0 atom stereocenters. The standard InChI is InChI=1S/C110H69BN6/c1-113-87-46-28-43-81(62-87)85-64-95(77-38-15-6-16-39-77)110(97(66-85)83-45-27-42-80(61-83)74-32-9-3-10-33-74)117-105-70-89(115-102-53-23-19-49-92(102)93-50-20-24-54-103(93)115)56-58-99(105)111-98-57-55-88(114-100-51-21-17-47-90(100)91-48-18-22-52-101(91)114)69-104(98)116(106-67-86(68-107(117)108(106)111)75-34-11-4-12-35-75)109-94(76-36-13-5-14-37-76)63-84(78-40-25-29-72(59-78)71-112)65-96(109)82-44-26-41-79(60-82)73-30-7-2-8-31-73/h2-70H. The lowest BCUT2D eigenvalue weighted by atomic mass is 9.33. The zero-order valence-corrected chi connectivity index (χ0v) is 63.6. The predicted octanol–water partition coefficient (Wildman–Crippen LogP) is 27.4. The molecule has 22 rings (SSSR count). The van der Waals surface area contributed by atoms with Gasteiger partial charge in [0.15, 0.2) is 5.69 Å². The Hall–Kier alpha value is -15.8. The highest BCUT2D eigenvalue weighted by atomic mass is 15.2. The van der Waals surface area contributed by atoms with Crippen molar-refractivity contribution in [3.63, 3.8) is 0 Å². The number of benzene rings is 18. The molecule has 2 aromatic heterocycles. The first kappa shape index (κ1) is 68.0. The normalized spacial score (nSPS) is 12.0. The van der Waals surface area contributed by atoms with E-state index in [0.717, 1.165) is 184 Å². The Labute approximate surface area is 679 Å². The lowest BCUT2D eigenvalue weighted by Crippen LogP contribution is -2.61. The Kier molecular flexibility index (Phi) is 16.4. The van der Waals surface area contributed by atoms with Crippen molar-refractivity contribution >= 4 is 107 Å². The van der Waals surface area contributed by atoms with Crippen LogP contribution in [0.15, 0.2) is 419 Å². The van der Waals surface area contributed by atoms with Gasteiger partial charge in [0, 0.05) is 77.9 Å². The molecular formula is C110H69BN6.